The van der Waals surface area contributed by atoms with E-state index in [9.17, 15) is 9.59 Å². The largest absolute Gasteiger partial charge is 0.464 e. The monoisotopic (exact) mass is 245 g/mol. The molecule has 1 N–H and O–H groups in total. The van der Waals surface area contributed by atoms with Crippen LogP contribution in [0.25, 0.3) is 0 Å². The summed E-state index contributed by atoms with van der Waals surface area (Å²) in [5.41, 5.74) is 0. The second kappa shape index (κ2) is 7.92. The van der Waals surface area contributed by atoms with Crippen molar-refractivity contribution < 1.29 is 19.1 Å². The molecule has 0 aliphatic carbocycles. The Bertz CT molecular complexity index is 251. The minimum atomic E-state index is -0.687. The summed E-state index contributed by atoms with van der Waals surface area (Å²) in [5, 5.41) is 2.42. The molecule has 0 saturated heterocycles. The lowest BCUT2D eigenvalue weighted by molar-refractivity contribution is -0.146. The molecule has 1 atom stereocenters. The Morgan fingerprint density at radius 3 is 1.88 bits per heavy atom. The predicted molar refractivity (Wildman–Crippen MR) is 64.6 cm³/mol. The molecule has 17 heavy (non-hydrogen) atoms. The van der Waals surface area contributed by atoms with E-state index in [4.69, 9.17) is 9.47 Å². The fourth-order valence-electron chi connectivity index (χ4n) is 0.894. The van der Waals surface area contributed by atoms with Crippen LogP contribution in [0.1, 0.15) is 34.6 Å². The molecule has 0 aromatic rings. The third-order valence-electron chi connectivity index (χ3n) is 1.79. The number of carbonyl (C=O) groups excluding carboxylic acids is 2. The molecule has 0 fully saturated rings. The number of nitrogens with one attached hydrogen (secondary N) is 1. The highest BCUT2D eigenvalue weighted by Gasteiger charge is 2.18. The lowest BCUT2D eigenvalue weighted by Gasteiger charge is -2.15. The molecule has 5 nitrogen and oxygen atoms in total. The van der Waals surface area contributed by atoms with Crippen LogP contribution >= 0.6 is 0 Å². The number of hydrogen-bond acceptors (Lipinski definition) is 4. The van der Waals surface area contributed by atoms with Crippen molar-refractivity contribution in [2.45, 2.75) is 40.7 Å². The Balaban J connectivity index is 3.86. The van der Waals surface area contributed by atoms with E-state index in [2.05, 4.69) is 5.32 Å². The first-order chi connectivity index (χ1) is 7.82. The van der Waals surface area contributed by atoms with E-state index in [1.54, 1.807) is 6.92 Å². The van der Waals surface area contributed by atoms with Gasteiger partial charge in [0.1, 0.15) is 6.04 Å². The quantitative estimate of drug-likeness (QED) is 0.726. The van der Waals surface area contributed by atoms with E-state index in [0.717, 1.165) is 0 Å². The molecule has 0 saturated carbocycles. The summed E-state index contributed by atoms with van der Waals surface area (Å²) >= 11 is 0. The summed E-state index contributed by atoms with van der Waals surface area (Å²) in [5.74, 6) is 0.100. The summed E-state index contributed by atoms with van der Waals surface area (Å²) in [6, 6.07) is -0.687. The van der Waals surface area contributed by atoms with Crippen molar-refractivity contribution in [3.63, 3.8) is 0 Å². The van der Waals surface area contributed by atoms with Gasteiger partial charge in [0.2, 0.25) is 0 Å². The van der Waals surface area contributed by atoms with Gasteiger partial charge in [0.25, 0.3) is 0 Å². The van der Waals surface area contributed by atoms with Gasteiger partial charge in [-0.1, -0.05) is 27.7 Å². The standard InChI is InChI=1S/C12H23NO4/c1-8(2)6-16-11(14)10(5)13-12(15)17-7-9(3)4/h8-10H,6-7H2,1-5H3,(H,13,15). The van der Waals surface area contributed by atoms with E-state index < -0.39 is 18.1 Å². The summed E-state index contributed by atoms with van der Waals surface area (Å²) in [7, 11) is 0. The van der Waals surface area contributed by atoms with Crippen LogP contribution in [0.4, 0.5) is 4.79 Å². The highest BCUT2D eigenvalue weighted by atomic mass is 16.6. The molecule has 1 amide bonds. The number of carbonyl (C=O) groups is 2. The SMILES string of the molecule is CC(C)COC(=O)NC(C)C(=O)OCC(C)C. The van der Waals surface area contributed by atoms with Crippen LogP contribution in [0.5, 0.6) is 0 Å². The van der Waals surface area contributed by atoms with Crippen molar-refractivity contribution in [2.75, 3.05) is 13.2 Å². The molecule has 0 radical (unpaired) electrons. The van der Waals surface area contributed by atoms with Gasteiger partial charge in [-0.15, -0.1) is 0 Å². The number of rotatable bonds is 6. The summed E-state index contributed by atoms with van der Waals surface area (Å²) in [6.45, 7) is 10.0. The maximum Gasteiger partial charge on any atom is 0.407 e. The summed E-state index contributed by atoms with van der Waals surface area (Å²) < 4.78 is 9.87. The van der Waals surface area contributed by atoms with Gasteiger partial charge in [0.05, 0.1) is 13.2 Å². The highest BCUT2D eigenvalue weighted by Crippen LogP contribution is 1.97. The lowest BCUT2D eigenvalue weighted by Crippen LogP contribution is -2.40. The maximum atomic E-state index is 11.4. The Kier molecular flexibility index (Phi) is 7.34. The second-order valence-electron chi connectivity index (χ2n) is 4.88. The van der Waals surface area contributed by atoms with Crippen LogP contribution in [0.15, 0.2) is 0 Å². The van der Waals surface area contributed by atoms with Crippen molar-refractivity contribution in [1.82, 2.24) is 5.32 Å². The van der Waals surface area contributed by atoms with E-state index in [1.807, 2.05) is 27.7 Å². The molecule has 0 aliphatic rings. The first-order valence-corrected chi connectivity index (χ1v) is 5.92. The van der Waals surface area contributed by atoms with E-state index in [-0.39, 0.29) is 11.8 Å². The zero-order valence-corrected chi connectivity index (χ0v) is 11.3. The first-order valence-electron chi connectivity index (χ1n) is 5.92. The lowest BCUT2D eigenvalue weighted by atomic mass is 10.2. The van der Waals surface area contributed by atoms with Crippen molar-refractivity contribution in [2.24, 2.45) is 11.8 Å². The number of ether oxygens (including phenoxy) is 2. The zero-order chi connectivity index (χ0) is 13.4. The fraction of sp³-hybridized carbons (Fsp3) is 0.833. The second-order valence-corrected chi connectivity index (χ2v) is 4.88. The molecule has 0 rings (SSSR count). The van der Waals surface area contributed by atoms with Crippen molar-refractivity contribution in [1.29, 1.82) is 0 Å². The number of hydrogen-bond donors (Lipinski definition) is 1. The zero-order valence-electron chi connectivity index (χ0n) is 11.3. The molecule has 0 aliphatic heterocycles. The normalized spacial score (nSPS) is 12.4. The molecule has 5 heteroatoms. The summed E-state index contributed by atoms with van der Waals surface area (Å²) in [4.78, 5) is 22.7. The Hall–Kier alpha value is -1.26. The molecule has 100 valence electrons. The van der Waals surface area contributed by atoms with Crippen LogP contribution in [0, 0.1) is 11.8 Å². The first kappa shape index (κ1) is 15.7. The summed E-state index contributed by atoms with van der Waals surface area (Å²) in [6.07, 6.45) is -0.590. The van der Waals surface area contributed by atoms with Crippen LogP contribution in [-0.2, 0) is 14.3 Å². The Labute approximate surface area is 103 Å². The Morgan fingerprint density at radius 1 is 0.941 bits per heavy atom. The number of alkyl carbamates (subject to hydrolysis) is 1. The van der Waals surface area contributed by atoms with Gasteiger partial charge in [0.15, 0.2) is 0 Å². The predicted octanol–water partition coefficient (Wildman–Crippen LogP) is 1.96. The molecular formula is C12H23NO4. The number of esters is 1. The third-order valence-corrected chi connectivity index (χ3v) is 1.79. The molecule has 0 spiro atoms. The maximum absolute atomic E-state index is 11.4. The van der Waals surface area contributed by atoms with E-state index in [0.29, 0.717) is 13.2 Å². The van der Waals surface area contributed by atoms with Gasteiger partial charge < -0.3 is 14.8 Å². The van der Waals surface area contributed by atoms with Gasteiger partial charge in [0, 0.05) is 0 Å². The molecule has 0 heterocycles. The smallest absolute Gasteiger partial charge is 0.407 e. The van der Waals surface area contributed by atoms with Crippen LogP contribution in [0.2, 0.25) is 0 Å². The third kappa shape index (κ3) is 8.54. The molecule has 1 unspecified atom stereocenters. The van der Waals surface area contributed by atoms with Gasteiger partial charge in [-0.05, 0) is 18.8 Å². The van der Waals surface area contributed by atoms with Crippen LogP contribution < -0.4 is 5.32 Å². The van der Waals surface area contributed by atoms with Crippen LogP contribution in [-0.4, -0.2) is 31.3 Å². The minimum absolute atomic E-state index is 0.268. The van der Waals surface area contributed by atoms with Crippen molar-refractivity contribution in [3.05, 3.63) is 0 Å². The average molecular weight is 245 g/mol. The van der Waals surface area contributed by atoms with Crippen molar-refractivity contribution >= 4 is 12.1 Å². The fourth-order valence-corrected chi connectivity index (χ4v) is 0.894. The molecule has 0 bridgehead atoms. The van der Waals surface area contributed by atoms with Gasteiger partial charge in [-0.2, -0.15) is 0 Å². The van der Waals surface area contributed by atoms with Gasteiger partial charge in [-0.25, -0.2) is 9.59 Å². The van der Waals surface area contributed by atoms with Gasteiger partial charge >= 0.3 is 12.1 Å². The molecular weight excluding hydrogens is 222 g/mol. The van der Waals surface area contributed by atoms with Crippen molar-refractivity contribution in [3.8, 4) is 0 Å². The van der Waals surface area contributed by atoms with E-state index >= 15 is 0 Å². The average Bonchev–Trinajstić information content (AvgIpc) is 2.22. The number of amides is 1. The van der Waals surface area contributed by atoms with Crippen LogP contribution in [0.3, 0.4) is 0 Å². The van der Waals surface area contributed by atoms with E-state index in [1.165, 1.54) is 0 Å². The Morgan fingerprint density at radius 2 is 1.41 bits per heavy atom. The minimum Gasteiger partial charge on any atom is -0.464 e. The van der Waals surface area contributed by atoms with Gasteiger partial charge in [-0.3, -0.25) is 0 Å². The molecule has 0 aromatic heterocycles. The topological polar surface area (TPSA) is 64.6 Å². The molecule has 0 aromatic carbocycles. The highest BCUT2D eigenvalue weighted by molar-refractivity contribution is 5.80.